The van der Waals surface area contributed by atoms with Gasteiger partial charge in [0.25, 0.3) is 0 Å². The molecule has 0 unspecified atom stereocenters. The van der Waals surface area contributed by atoms with E-state index in [0.29, 0.717) is 13.1 Å². The third kappa shape index (κ3) is 6.68. The first-order chi connectivity index (χ1) is 13.6. The fourth-order valence-electron chi connectivity index (χ4n) is 3.18. The zero-order chi connectivity index (χ0) is 19.9. The van der Waals surface area contributed by atoms with Crippen molar-refractivity contribution in [2.24, 2.45) is 12.0 Å². The van der Waals surface area contributed by atoms with Crippen LogP contribution >= 0.6 is 35.6 Å². The second-order valence-corrected chi connectivity index (χ2v) is 7.36. The summed E-state index contributed by atoms with van der Waals surface area (Å²) in [6.45, 7) is 11.6. The molecule has 2 aromatic rings. The number of aryl methyl sites for hydroxylation is 1. The Morgan fingerprint density at radius 2 is 2.03 bits per heavy atom. The number of hydrogen-bond acceptors (Lipinski definition) is 4. The Hall–Kier alpha value is -1.65. The molecule has 1 aromatic carbocycles. The number of aliphatic imine (C=N–C) groups is 1. The summed E-state index contributed by atoms with van der Waals surface area (Å²) in [6.07, 6.45) is 1.84. The maximum atomic E-state index is 6.10. The molecule has 29 heavy (non-hydrogen) atoms. The summed E-state index contributed by atoms with van der Waals surface area (Å²) in [5, 5.41) is 12.5. The number of hydrogen-bond donors (Lipinski definition) is 1. The predicted molar refractivity (Wildman–Crippen MR) is 129 cm³/mol. The highest BCUT2D eigenvalue weighted by Crippen LogP contribution is 2.14. The molecule has 1 aliphatic rings. The number of aromatic nitrogens is 3. The third-order valence-corrected chi connectivity index (χ3v) is 5.16. The minimum absolute atomic E-state index is 0. The lowest BCUT2D eigenvalue weighted by Crippen LogP contribution is -2.52. The molecule has 1 aromatic heterocycles. The lowest BCUT2D eigenvalue weighted by Gasteiger charge is -2.36. The average molecular weight is 530 g/mol. The van der Waals surface area contributed by atoms with Crippen LogP contribution in [0.15, 0.2) is 41.9 Å². The molecular formula is C20H29ClIN7. The molecule has 0 spiro atoms. The van der Waals surface area contributed by atoms with Gasteiger partial charge in [-0.2, -0.15) is 0 Å². The molecule has 9 heteroatoms. The molecule has 0 radical (unpaired) electrons. The van der Waals surface area contributed by atoms with Crippen LogP contribution < -0.4 is 5.32 Å². The average Bonchev–Trinajstić information content (AvgIpc) is 3.01. The number of halogens is 2. The summed E-state index contributed by atoms with van der Waals surface area (Å²) in [5.41, 5.74) is 1.25. The second-order valence-electron chi connectivity index (χ2n) is 6.92. The largest absolute Gasteiger partial charge is 0.353 e. The Morgan fingerprint density at radius 1 is 1.28 bits per heavy atom. The van der Waals surface area contributed by atoms with Crippen LogP contribution in [0.4, 0.5) is 0 Å². The van der Waals surface area contributed by atoms with E-state index >= 15 is 0 Å². The van der Waals surface area contributed by atoms with Gasteiger partial charge in [0.15, 0.2) is 11.8 Å². The third-order valence-electron chi connectivity index (χ3n) is 4.92. The second kappa shape index (κ2) is 11.5. The van der Waals surface area contributed by atoms with E-state index in [4.69, 9.17) is 16.6 Å². The van der Waals surface area contributed by atoms with Gasteiger partial charge in [0.05, 0.1) is 0 Å². The van der Waals surface area contributed by atoms with Gasteiger partial charge in [-0.3, -0.25) is 4.90 Å². The van der Waals surface area contributed by atoms with Gasteiger partial charge in [-0.1, -0.05) is 29.8 Å². The summed E-state index contributed by atoms with van der Waals surface area (Å²) in [4.78, 5) is 9.51. The standard InChI is InChI=1S/C20H28ClN7.HI/c1-4-8-22-20(23-14-19-25-24-16(2)26(19)3)28-11-9-27(10-12-28)15-17-6-5-7-18(21)13-17;/h4-7,13H,1,8-12,14-15H2,2-3H3,(H,22,23);1H. The minimum Gasteiger partial charge on any atom is -0.353 e. The fourth-order valence-corrected chi connectivity index (χ4v) is 3.39. The summed E-state index contributed by atoms with van der Waals surface area (Å²) in [5.74, 6) is 2.64. The van der Waals surface area contributed by atoms with Crippen molar-refractivity contribution in [1.82, 2.24) is 29.9 Å². The Morgan fingerprint density at radius 3 is 2.66 bits per heavy atom. The number of guanidine groups is 1. The molecule has 1 N–H and O–H groups in total. The molecule has 1 saturated heterocycles. The monoisotopic (exact) mass is 529 g/mol. The van der Waals surface area contributed by atoms with Gasteiger partial charge in [0.1, 0.15) is 12.4 Å². The lowest BCUT2D eigenvalue weighted by molar-refractivity contribution is 0.172. The van der Waals surface area contributed by atoms with Crippen molar-refractivity contribution in [3.63, 3.8) is 0 Å². The van der Waals surface area contributed by atoms with Gasteiger partial charge in [0, 0.05) is 51.3 Å². The number of nitrogens with one attached hydrogen (secondary N) is 1. The summed E-state index contributed by atoms with van der Waals surface area (Å²) in [6, 6.07) is 8.08. The maximum Gasteiger partial charge on any atom is 0.194 e. The van der Waals surface area contributed by atoms with Crippen molar-refractivity contribution in [2.45, 2.75) is 20.0 Å². The molecule has 0 saturated carbocycles. The predicted octanol–water partition coefficient (Wildman–Crippen LogP) is 2.84. The first-order valence-corrected chi connectivity index (χ1v) is 9.90. The van der Waals surface area contributed by atoms with Crippen molar-refractivity contribution in [1.29, 1.82) is 0 Å². The molecule has 2 heterocycles. The Labute approximate surface area is 194 Å². The van der Waals surface area contributed by atoms with Gasteiger partial charge in [-0.05, 0) is 24.6 Å². The highest BCUT2D eigenvalue weighted by Gasteiger charge is 2.20. The van der Waals surface area contributed by atoms with Crippen molar-refractivity contribution in [3.8, 4) is 0 Å². The fraction of sp³-hybridized carbons (Fsp3) is 0.450. The van der Waals surface area contributed by atoms with Crippen molar-refractivity contribution in [3.05, 3.63) is 59.2 Å². The van der Waals surface area contributed by atoms with E-state index in [-0.39, 0.29) is 24.0 Å². The smallest absolute Gasteiger partial charge is 0.194 e. The van der Waals surface area contributed by atoms with Crippen LogP contribution in [0.25, 0.3) is 0 Å². The van der Waals surface area contributed by atoms with E-state index in [1.165, 1.54) is 5.56 Å². The van der Waals surface area contributed by atoms with Gasteiger partial charge < -0.3 is 14.8 Å². The SMILES string of the molecule is C=CCNC(=NCc1nnc(C)n1C)N1CCN(Cc2cccc(Cl)c2)CC1.I. The molecule has 7 nitrogen and oxygen atoms in total. The summed E-state index contributed by atoms with van der Waals surface area (Å²) >= 11 is 6.10. The van der Waals surface area contributed by atoms with E-state index in [9.17, 15) is 0 Å². The maximum absolute atomic E-state index is 6.10. The van der Waals surface area contributed by atoms with Gasteiger partial charge in [0.2, 0.25) is 0 Å². The number of piperazine rings is 1. The van der Waals surface area contributed by atoms with Gasteiger partial charge >= 0.3 is 0 Å². The van der Waals surface area contributed by atoms with E-state index < -0.39 is 0 Å². The van der Waals surface area contributed by atoms with E-state index in [2.05, 4.69) is 38.0 Å². The number of rotatable bonds is 6. The molecular weight excluding hydrogens is 501 g/mol. The highest BCUT2D eigenvalue weighted by atomic mass is 127. The molecule has 158 valence electrons. The Kier molecular flexibility index (Phi) is 9.38. The Balaban J connectivity index is 0.00000300. The van der Waals surface area contributed by atoms with Crippen molar-refractivity contribution < 1.29 is 0 Å². The molecule has 0 atom stereocenters. The molecule has 1 fully saturated rings. The van der Waals surface area contributed by atoms with Crippen molar-refractivity contribution in [2.75, 3.05) is 32.7 Å². The van der Waals surface area contributed by atoms with E-state index in [1.54, 1.807) is 0 Å². The molecule has 3 rings (SSSR count). The highest BCUT2D eigenvalue weighted by molar-refractivity contribution is 14.0. The van der Waals surface area contributed by atoms with Gasteiger partial charge in [-0.15, -0.1) is 40.8 Å². The molecule has 1 aliphatic heterocycles. The zero-order valence-corrected chi connectivity index (χ0v) is 20.1. The van der Waals surface area contributed by atoms with Crippen LogP contribution in [0.3, 0.4) is 0 Å². The van der Waals surface area contributed by atoms with Gasteiger partial charge in [-0.25, -0.2) is 4.99 Å². The van der Waals surface area contributed by atoms with Crippen LogP contribution in [0.5, 0.6) is 0 Å². The minimum atomic E-state index is 0. The molecule has 0 bridgehead atoms. The zero-order valence-electron chi connectivity index (χ0n) is 17.0. The van der Waals surface area contributed by atoms with Crippen LogP contribution in [0.1, 0.15) is 17.2 Å². The number of nitrogens with zero attached hydrogens (tertiary/aromatic N) is 6. The quantitative estimate of drug-likeness (QED) is 0.270. The van der Waals surface area contributed by atoms with Crippen LogP contribution in [-0.4, -0.2) is 63.2 Å². The Bertz CT molecular complexity index is 828. The van der Waals surface area contributed by atoms with Crippen molar-refractivity contribution >= 4 is 41.5 Å². The first kappa shape index (κ1) is 23.6. The number of benzene rings is 1. The molecule has 0 aliphatic carbocycles. The van der Waals surface area contributed by atoms with Crippen LogP contribution in [0, 0.1) is 6.92 Å². The summed E-state index contributed by atoms with van der Waals surface area (Å²) in [7, 11) is 1.96. The first-order valence-electron chi connectivity index (χ1n) is 9.52. The van der Waals surface area contributed by atoms with E-state index in [0.717, 1.165) is 55.4 Å². The molecule has 0 amide bonds. The topological polar surface area (TPSA) is 61.6 Å². The van der Waals surface area contributed by atoms with Crippen LogP contribution in [0.2, 0.25) is 5.02 Å². The van der Waals surface area contributed by atoms with Crippen LogP contribution in [-0.2, 0) is 20.1 Å². The lowest BCUT2D eigenvalue weighted by atomic mass is 10.2. The normalized spacial score (nSPS) is 15.1. The van der Waals surface area contributed by atoms with E-state index in [1.807, 2.05) is 42.8 Å². The summed E-state index contributed by atoms with van der Waals surface area (Å²) < 4.78 is 1.97.